The first-order chi connectivity index (χ1) is 4.23. The fraction of sp³-hybridized carbons (Fsp3) is 0.778. The highest BCUT2D eigenvalue weighted by Gasteiger charge is 2.45. The number of allylic oxidation sites excluding steroid dienone is 2. The lowest BCUT2D eigenvalue weighted by Gasteiger charge is -2.01. The molecule has 0 aliphatic heterocycles. The standard InChI is InChI=1S/C9H16/c1-4-6-8-7-9(8,3)5-2/h4,6,8H,5,7H2,1-3H3. The Bertz CT molecular complexity index is 124. The van der Waals surface area contributed by atoms with Crippen molar-refractivity contribution < 1.29 is 0 Å². The molecule has 9 heavy (non-hydrogen) atoms. The maximum atomic E-state index is 2.37. The van der Waals surface area contributed by atoms with Crippen molar-refractivity contribution in [2.45, 2.75) is 33.6 Å². The first kappa shape index (κ1) is 6.85. The molecule has 0 spiro atoms. The molecule has 0 amide bonds. The van der Waals surface area contributed by atoms with Gasteiger partial charge in [-0.15, -0.1) is 0 Å². The van der Waals surface area contributed by atoms with Gasteiger partial charge in [0.2, 0.25) is 0 Å². The van der Waals surface area contributed by atoms with Crippen LogP contribution >= 0.6 is 0 Å². The van der Waals surface area contributed by atoms with Crippen molar-refractivity contribution in [1.82, 2.24) is 0 Å². The highest BCUT2D eigenvalue weighted by atomic mass is 14.5. The Morgan fingerprint density at radius 1 is 1.67 bits per heavy atom. The molecule has 1 saturated carbocycles. The molecule has 0 aromatic carbocycles. The van der Waals surface area contributed by atoms with Crippen LogP contribution in [0.1, 0.15) is 33.6 Å². The number of rotatable bonds is 2. The van der Waals surface area contributed by atoms with Gasteiger partial charge in [0.25, 0.3) is 0 Å². The zero-order valence-corrected chi connectivity index (χ0v) is 6.65. The van der Waals surface area contributed by atoms with E-state index in [9.17, 15) is 0 Å². The van der Waals surface area contributed by atoms with Crippen molar-refractivity contribution >= 4 is 0 Å². The third-order valence-corrected chi connectivity index (χ3v) is 2.65. The molecule has 0 bridgehead atoms. The van der Waals surface area contributed by atoms with Gasteiger partial charge in [-0.25, -0.2) is 0 Å². The van der Waals surface area contributed by atoms with E-state index in [2.05, 4.69) is 32.9 Å². The highest BCUT2D eigenvalue weighted by Crippen LogP contribution is 2.55. The molecule has 1 rings (SSSR count). The minimum Gasteiger partial charge on any atom is -0.0914 e. The van der Waals surface area contributed by atoms with Crippen LogP contribution < -0.4 is 0 Å². The largest absolute Gasteiger partial charge is 0.0914 e. The Labute approximate surface area is 58.0 Å². The van der Waals surface area contributed by atoms with Crippen molar-refractivity contribution in [3.8, 4) is 0 Å². The van der Waals surface area contributed by atoms with Crippen molar-refractivity contribution in [1.29, 1.82) is 0 Å². The minimum atomic E-state index is 0.673. The van der Waals surface area contributed by atoms with Crippen molar-refractivity contribution in [2.24, 2.45) is 11.3 Å². The average molecular weight is 124 g/mol. The first-order valence-corrected chi connectivity index (χ1v) is 3.86. The second-order valence-electron chi connectivity index (χ2n) is 3.34. The number of hydrogen-bond donors (Lipinski definition) is 0. The van der Waals surface area contributed by atoms with Gasteiger partial charge in [-0.2, -0.15) is 0 Å². The molecule has 1 fully saturated rings. The van der Waals surface area contributed by atoms with E-state index in [4.69, 9.17) is 0 Å². The lowest BCUT2D eigenvalue weighted by Crippen LogP contribution is -1.91. The molecule has 0 radical (unpaired) electrons. The second-order valence-corrected chi connectivity index (χ2v) is 3.34. The summed E-state index contributed by atoms with van der Waals surface area (Å²) in [7, 11) is 0. The van der Waals surface area contributed by atoms with E-state index in [1.54, 1.807) is 0 Å². The lowest BCUT2D eigenvalue weighted by atomic mass is 10.0. The van der Waals surface area contributed by atoms with Crippen molar-refractivity contribution in [3.63, 3.8) is 0 Å². The second kappa shape index (κ2) is 2.17. The van der Waals surface area contributed by atoms with Crippen LogP contribution in [0.25, 0.3) is 0 Å². The van der Waals surface area contributed by atoms with Crippen LogP contribution in [0.15, 0.2) is 12.2 Å². The Morgan fingerprint density at radius 2 is 2.33 bits per heavy atom. The van der Waals surface area contributed by atoms with Gasteiger partial charge in [-0.1, -0.05) is 32.4 Å². The van der Waals surface area contributed by atoms with E-state index >= 15 is 0 Å². The van der Waals surface area contributed by atoms with Gasteiger partial charge < -0.3 is 0 Å². The molecule has 1 aliphatic rings. The van der Waals surface area contributed by atoms with Crippen molar-refractivity contribution in [2.75, 3.05) is 0 Å². The Kier molecular flexibility index (Phi) is 1.65. The molecule has 2 atom stereocenters. The molecular formula is C9H16. The quantitative estimate of drug-likeness (QED) is 0.496. The predicted molar refractivity (Wildman–Crippen MR) is 41.3 cm³/mol. The maximum Gasteiger partial charge on any atom is -0.0174 e. The molecule has 1 aliphatic carbocycles. The summed E-state index contributed by atoms with van der Waals surface area (Å²) >= 11 is 0. The van der Waals surface area contributed by atoms with Gasteiger partial charge in [0.05, 0.1) is 0 Å². The van der Waals surface area contributed by atoms with Gasteiger partial charge in [0, 0.05) is 0 Å². The molecule has 2 unspecified atom stereocenters. The zero-order chi connectivity index (χ0) is 6.91. The summed E-state index contributed by atoms with van der Waals surface area (Å²) in [5, 5.41) is 0. The number of hydrogen-bond acceptors (Lipinski definition) is 0. The molecule has 0 aromatic heterocycles. The van der Waals surface area contributed by atoms with Crippen LogP contribution in [0, 0.1) is 11.3 Å². The van der Waals surface area contributed by atoms with E-state index in [1.807, 2.05) is 0 Å². The molecule has 0 heteroatoms. The third-order valence-electron chi connectivity index (χ3n) is 2.65. The fourth-order valence-corrected chi connectivity index (χ4v) is 1.38. The van der Waals surface area contributed by atoms with Gasteiger partial charge in [0.1, 0.15) is 0 Å². The van der Waals surface area contributed by atoms with Crippen LogP contribution in [-0.2, 0) is 0 Å². The molecule has 0 nitrogen and oxygen atoms in total. The molecule has 0 heterocycles. The topological polar surface area (TPSA) is 0 Å². The summed E-state index contributed by atoms with van der Waals surface area (Å²) in [6.45, 7) is 6.76. The van der Waals surface area contributed by atoms with Gasteiger partial charge >= 0.3 is 0 Å². The van der Waals surface area contributed by atoms with E-state index < -0.39 is 0 Å². The summed E-state index contributed by atoms with van der Waals surface area (Å²) in [4.78, 5) is 0. The van der Waals surface area contributed by atoms with E-state index in [0.29, 0.717) is 5.41 Å². The van der Waals surface area contributed by atoms with Gasteiger partial charge in [-0.3, -0.25) is 0 Å². The maximum absolute atomic E-state index is 2.37. The molecule has 52 valence electrons. The molecule has 0 N–H and O–H groups in total. The summed E-state index contributed by atoms with van der Waals surface area (Å²) in [5.74, 6) is 0.896. The summed E-state index contributed by atoms with van der Waals surface area (Å²) in [5.41, 5.74) is 0.673. The fourth-order valence-electron chi connectivity index (χ4n) is 1.38. The SMILES string of the molecule is CC=CC1CC1(C)CC. The smallest absolute Gasteiger partial charge is 0.0174 e. The minimum absolute atomic E-state index is 0.673. The van der Waals surface area contributed by atoms with Gasteiger partial charge in [0.15, 0.2) is 0 Å². The average Bonchev–Trinajstić information content (AvgIpc) is 2.46. The zero-order valence-electron chi connectivity index (χ0n) is 6.65. The normalized spacial score (nSPS) is 41.9. The van der Waals surface area contributed by atoms with Crippen LogP contribution in [-0.4, -0.2) is 0 Å². The van der Waals surface area contributed by atoms with Crippen LogP contribution in [0.2, 0.25) is 0 Å². The monoisotopic (exact) mass is 124 g/mol. The third kappa shape index (κ3) is 1.17. The Balaban J connectivity index is 2.38. The predicted octanol–water partition coefficient (Wildman–Crippen LogP) is 3.00. The molecule has 0 saturated heterocycles. The molecule has 0 aromatic rings. The Hall–Kier alpha value is -0.260. The van der Waals surface area contributed by atoms with E-state index in [-0.39, 0.29) is 0 Å². The van der Waals surface area contributed by atoms with Crippen molar-refractivity contribution in [3.05, 3.63) is 12.2 Å². The van der Waals surface area contributed by atoms with Crippen LogP contribution in [0.3, 0.4) is 0 Å². The highest BCUT2D eigenvalue weighted by molar-refractivity contribution is 5.08. The molecular weight excluding hydrogens is 108 g/mol. The summed E-state index contributed by atoms with van der Waals surface area (Å²) < 4.78 is 0. The Morgan fingerprint density at radius 3 is 2.67 bits per heavy atom. The van der Waals surface area contributed by atoms with Crippen LogP contribution in [0.4, 0.5) is 0 Å². The first-order valence-electron chi connectivity index (χ1n) is 3.86. The van der Waals surface area contributed by atoms with Crippen LogP contribution in [0.5, 0.6) is 0 Å². The van der Waals surface area contributed by atoms with E-state index in [1.165, 1.54) is 12.8 Å². The summed E-state index contributed by atoms with van der Waals surface area (Å²) in [6.07, 6.45) is 7.25. The lowest BCUT2D eigenvalue weighted by molar-refractivity contribution is 0.518. The van der Waals surface area contributed by atoms with Gasteiger partial charge in [-0.05, 0) is 24.7 Å². The van der Waals surface area contributed by atoms with E-state index in [0.717, 1.165) is 5.92 Å². The summed E-state index contributed by atoms with van der Waals surface area (Å²) in [6, 6.07) is 0.